The van der Waals surface area contributed by atoms with Gasteiger partial charge in [0.05, 0.1) is 24.9 Å². The third-order valence-electron chi connectivity index (χ3n) is 7.58. The quantitative estimate of drug-likeness (QED) is 0.582. The lowest BCUT2D eigenvalue weighted by Crippen LogP contribution is -2.44. The zero-order valence-electron chi connectivity index (χ0n) is 20.6. The standard InChI is InChI=1S/C28H38N4O3/c33-28-21-31(26-9-13-30(18-26)16-23-6-2-1-3-7-23)19-27(35-22-25-8-4-5-12-29-25)20-32(28)17-24-10-14-34-15-11-24/h1-8,12,24,26-27H,9-11,13-22H2. The summed E-state index contributed by atoms with van der Waals surface area (Å²) >= 11 is 0. The normalized spacial score (nSPS) is 25.1. The van der Waals surface area contributed by atoms with Gasteiger partial charge < -0.3 is 14.4 Å². The van der Waals surface area contributed by atoms with E-state index in [0.717, 1.165) is 70.9 Å². The summed E-state index contributed by atoms with van der Waals surface area (Å²) in [4.78, 5) is 24.8. The van der Waals surface area contributed by atoms with Crippen LogP contribution in [0.15, 0.2) is 54.7 Å². The van der Waals surface area contributed by atoms with Gasteiger partial charge in [-0.2, -0.15) is 0 Å². The van der Waals surface area contributed by atoms with E-state index in [-0.39, 0.29) is 12.0 Å². The van der Waals surface area contributed by atoms with Gasteiger partial charge in [-0.1, -0.05) is 36.4 Å². The van der Waals surface area contributed by atoms with Crippen molar-refractivity contribution in [1.82, 2.24) is 19.7 Å². The number of likely N-dealkylation sites (tertiary alicyclic amines) is 1. The van der Waals surface area contributed by atoms with Crippen molar-refractivity contribution in [3.05, 3.63) is 66.0 Å². The van der Waals surface area contributed by atoms with E-state index in [2.05, 4.69) is 50.0 Å². The molecule has 7 nitrogen and oxygen atoms in total. The number of pyridine rings is 1. The Morgan fingerprint density at radius 1 is 0.971 bits per heavy atom. The minimum absolute atomic E-state index is 0.0218. The monoisotopic (exact) mass is 478 g/mol. The number of benzene rings is 1. The van der Waals surface area contributed by atoms with Gasteiger partial charge in [0.15, 0.2) is 0 Å². The molecule has 0 saturated carbocycles. The van der Waals surface area contributed by atoms with E-state index < -0.39 is 0 Å². The lowest BCUT2D eigenvalue weighted by Gasteiger charge is -2.30. The average molecular weight is 479 g/mol. The smallest absolute Gasteiger partial charge is 0.236 e. The number of aromatic nitrogens is 1. The van der Waals surface area contributed by atoms with E-state index in [4.69, 9.17) is 9.47 Å². The first-order valence-corrected chi connectivity index (χ1v) is 13.1. The Labute approximate surface area is 209 Å². The van der Waals surface area contributed by atoms with Crippen molar-refractivity contribution >= 4 is 5.91 Å². The van der Waals surface area contributed by atoms with Crippen molar-refractivity contribution < 1.29 is 14.3 Å². The van der Waals surface area contributed by atoms with E-state index in [1.807, 2.05) is 18.2 Å². The summed E-state index contributed by atoms with van der Waals surface area (Å²) in [7, 11) is 0. The van der Waals surface area contributed by atoms with Crippen LogP contribution in [0.5, 0.6) is 0 Å². The van der Waals surface area contributed by atoms with Crippen LogP contribution in [0.25, 0.3) is 0 Å². The van der Waals surface area contributed by atoms with Gasteiger partial charge >= 0.3 is 0 Å². The van der Waals surface area contributed by atoms with Crippen LogP contribution < -0.4 is 0 Å². The number of hydrogen-bond acceptors (Lipinski definition) is 6. The molecule has 0 aliphatic carbocycles. The minimum Gasteiger partial charge on any atom is -0.381 e. The highest BCUT2D eigenvalue weighted by molar-refractivity contribution is 5.78. The fraction of sp³-hybridized carbons (Fsp3) is 0.571. The lowest BCUT2D eigenvalue weighted by atomic mass is 9.99. The molecule has 0 N–H and O–H groups in total. The molecule has 2 aromatic rings. The Bertz CT molecular complexity index is 922. The van der Waals surface area contributed by atoms with Crippen LogP contribution in [0.1, 0.15) is 30.5 Å². The van der Waals surface area contributed by atoms with Crippen molar-refractivity contribution in [2.75, 3.05) is 52.5 Å². The Morgan fingerprint density at radius 3 is 2.60 bits per heavy atom. The van der Waals surface area contributed by atoms with Gasteiger partial charge in [-0.15, -0.1) is 0 Å². The molecule has 4 heterocycles. The maximum atomic E-state index is 13.4. The van der Waals surface area contributed by atoms with Gasteiger partial charge in [0.2, 0.25) is 5.91 Å². The largest absolute Gasteiger partial charge is 0.381 e. The van der Waals surface area contributed by atoms with Crippen LogP contribution in [-0.4, -0.2) is 90.2 Å². The molecule has 3 aliphatic heterocycles. The minimum atomic E-state index is -0.0218. The highest BCUT2D eigenvalue weighted by atomic mass is 16.5. The third kappa shape index (κ3) is 6.88. The molecule has 1 amide bonds. The zero-order chi connectivity index (χ0) is 23.9. The van der Waals surface area contributed by atoms with Gasteiger partial charge in [-0.25, -0.2) is 0 Å². The number of amides is 1. The SMILES string of the molecule is O=C1CN(C2CCN(Cc3ccccc3)C2)CC(OCc2ccccn2)CN1CC1CCOCC1. The summed E-state index contributed by atoms with van der Waals surface area (Å²) in [6, 6.07) is 17.0. The van der Waals surface area contributed by atoms with E-state index in [0.29, 0.717) is 31.7 Å². The van der Waals surface area contributed by atoms with Crippen LogP contribution in [0.4, 0.5) is 0 Å². The summed E-state index contributed by atoms with van der Waals surface area (Å²) in [5.74, 6) is 0.755. The van der Waals surface area contributed by atoms with Gasteiger partial charge in [-0.3, -0.25) is 19.6 Å². The second-order valence-corrected chi connectivity index (χ2v) is 10.2. The van der Waals surface area contributed by atoms with Crippen LogP contribution in [0.2, 0.25) is 0 Å². The molecule has 0 radical (unpaired) electrons. The van der Waals surface area contributed by atoms with Crippen molar-refractivity contribution in [1.29, 1.82) is 0 Å². The summed E-state index contributed by atoms with van der Waals surface area (Å²) in [6.45, 7) is 7.84. The Kier molecular flexibility index (Phi) is 8.42. The zero-order valence-corrected chi connectivity index (χ0v) is 20.6. The topological polar surface area (TPSA) is 58.1 Å². The van der Waals surface area contributed by atoms with Gasteiger partial charge in [0, 0.05) is 64.7 Å². The second-order valence-electron chi connectivity index (χ2n) is 10.2. The van der Waals surface area contributed by atoms with Crippen molar-refractivity contribution in [2.45, 2.75) is 44.6 Å². The maximum absolute atomic E-state index is 13.4. The average Bonchev–Trinajstić information content (AvgIpc) is 3.30. The molecule has 3 fully saturated rings. The van der Waals surface area contributed by atoms with E-state index >= 15 is 0 Å². The highest BCUT2D eigenvalue weighted by Crippen LogP contribution is 2.23. The molecule has 1 aromatic heterocycles. The predicted octanol–water partition coefficient (Wildman–Crippen LogP) is 2.81. The molecule has 7 heteroatoms. The third-order valence-corrected chi connectivity index (χ3v) is 7.58. The number of rotatable bonds is 8. The molecule has 3 saturated heterocycles. The molecule has 5 rings (SSSR count). The van der Waals surface area contributed by atoms with Gasteiger partial charge in [-0.05, 0) is 42.9 Å². The molecule has 3 aliphatic rings. The Hall–Kier alpha value is -2.32. The Morgan fingerprint density at radius 2 is 1.80 bits per heavy atom. The maximum Gasteiger partial charge on any atom is 0.236 e. The fourth-order valence-electron chi connectivity index (χ4n) is 5.59. The van der Waals surface area contributed by atoms with Crippen molar-refractivity contribution in [3.8, 4) is 0 Å². The molecule has 35 heavy (non-hydrogen) atoms. The summed E-state index contributed by atoms with van der Waals surface area (Å²) in [5.41, 5.74) is 2.28. The van der Waals surface area contributed by atoms with Crippen LogP contribution in [0.3, 0.4) is 0 Å². The number of carbonyl (C=O) groups is 1. The molecule has 2 atom stereocenters. The number of ether oxygens (including phenoxy) is 2. The molecule has 2 unspecified atom stereocenters. The van der Waals surface area contributed by atoms with E-state index in [1.54, 1.807) is 6.20 Å². The lowest BCUT2D eigenvalue weighted by molar-refractivity contribution is -0.133. The molecular weight excluding hydrogens is 440 g/mol. The van der Waals surface area contributed by atoms with E-state index in [1.165, 1.54) is 5.56 Å². The first kappa shape index (κ1) is 24.4. The number of hydrogen-bond donors (Lipinski definition) is 0. The van der Waals surface area contributed by atoms with Gasteiger partial charge in [0.1, 0.15) is 0 Å². The van der Waals surface area contributed by atoms with Gasteiger partial charge in [0.25, 0.3) is 0 Å². The summed E-state index contributed by atoms with van der Waals surface area (Å²) < 4.78 is 11.9. The number of carbonyl (C=O) groups excluding carboxylic acids is 1. The predicted molar refractivity (Wildman–Crippen MR) is 135 cm³/mol. The Balaban J connectivity index is 1.24. The molecule has 188 valence electrons. The highest BCUT2D eigenvalue weighted by Gasteiger charge is 2.36. The fourth-order valence-corrected chi connectivity index (χ4v) is 5.59. The second kappa shape index (κ2) is 12.1. The first-order valence-electron chi connectivity index (χ1n) is 13.1. The van der Waals surface area contributed by atoms with E-state index in [9.17, 15) is 4.79 Å². The molecule has 1 aromatic carbocycles. The van der Waals surface area contributed by atoms with Crippen LogP contribution in [0, 0.1) is 5.92 Å². The molecular formula is C28H38N4O3. The van der Waals surface area contributed by atoms with Crippen LogP contribution in [-0.2, 0) is 27.4 Å². The van der Waals surface area contributed by atoms with Crippen LogP contribution >= 0.6 is 0 Å². The summed E-state index contributed by atoms with van der Waals surface area (Å²) in [5, 5.41) is 0. The molecule has 0 spiro atoms. The molecule has 0 bridgehead atoms. The first-order chi connectivity index (χ1) is 17.2. The number of nitrogens with zero attached hydrogens (tertiary/aromatic N) is 4. The summed E-state index contributed by atoms with van der Waals surface area (Å²) in [6.07, 6.45) is 4.94. The van der Waals surface area contributed by atoms with Crippen molar-refractivity contribution in [2.24, 2.45) is 5.92 Å². The van der Waals surface area contributed by atoms with Crippen molar-refractivity contribution in [3.63, 3.8) is 0 Å².